The van der Waals surface area contributed by atoms with Gasteiger partial charge in [0.2, 0.25) is 0 Å². The highest BCUT2D eigenvalue weighted by atomic mass is 127. The van der Waals surface area contributed by atoms with Gasteiger partial charge in [-0.3, -0.25) is 0 Å². The van der Waals surface area contributed by atoms with Crippen LogP contribution >= 0.6 is 24.0 Å². The predicted molar refractivity (Wildman–Crippen MR) is 90.8 cm³/mol. The van der Waals surface area contributed by atoms with E-state index >= 15 is 0 Å². The fourth-order valence-electron chi connectivity index (χ4n) is 1.80. The van der Waals surface area contributed by atoms with Crippen LogP contribution in [0.2, 0.25) is 0 Å². The first-order valence-corrected chi connectivity index (χ1v) is 6.32. The topological polar surface area (TPSA) is 50.8 Å². The van der Waals surface area contributed by atoms with Gasteiger partial charge >= 0.3 is 0 Å². The van der Waals surface area contributed by atoms with Gasteiger partial charge in [-0.1, -0.05) is 24.3 Å². The quantitative estimate of drug-likeness (QED) is 0.471. The molecule has 19 heavy (non-hydrogen) atoms. The van der Waals surface area contributed by atoms with E-state index in [1.54, 1.807) is 7.11 Å². The lowest BCUT2D eigenvalue weighted by Gasteiger charge is -2.19. The maximum atomic E-state index is 5.93. The summed E-state index contributed by atoms with van der Waals surface area (Å²) >= 11 is 0. The van der Waals surface area contributed by atoms with E-state index in [2.05, 4.69) is 31.0 Å². The van der Waals surface area contributed by atoms with E-state index in [0.29, 0.717) is 19.1 Å². The standard InChI is InChI=1S/C14H23N3O.HI/c1-4-17(5-2)14(15)16-10-12-7-6-8-13(9-12)11-18-3;/h6-9H,4-5,10-11H2,1-3H3,(H2,15,16);1H. The van der Waals surface area contributed by atoms with Crippen molar-refractivity contribution in [2.24, 2.45) is 10.7 Å². The van der Waals surface area contributed by atoms with Gasteiger partial charge in [0, 0.05) is 20.2 Å². The molecule has 0 aliphatic heterocycles. The van der Waals surface area contributed by atoms with Crippen molar-refractivity contribution in [3.8, 4) is 0 Å². The van der Waals surface area contributed by atoms with Crippen LogP contribution in [0.25, 0.3) is 0 Å². The number of nitrogens with zero attached hydrogens (tertiary/aromatic N) is 2. The summed E-state index contributed by atoms with van der Waals surface area (Å²) in [5.41, 5.74) is 8.25. The molecule has 0 saturated carbocycles. The largest absolute Gasteiger partial charge is 0.380 e. The Morgan fingerprint density at radius 3 is 2.47 bits per heavy atom. The number of hydrogen-bond acceptors (Lipinski definition) is 2. The highest BCUT2D eigenvalue weighted by Gasteiger charge is 2.02. The first-order valence-electron chi connectivity index (χ1n) is 6.32. The number of guanidine groups is 1. The Kier molecular flexibility index (Phi) is 9.59. The number of methoxy groups -OCH3 is 1. The van der Waals surface area contributed by atoms with Crippen molar-refractivity contribution in [1.82, 2.24) is 4.90 Å². The van der Waals surface area contributed by atoms with E-state index in [1.165, 1.54) is 0 Å². The average molecular weight is 377 g/mol. The Morgan fingerprint density at radius 1 is 1.26 bits per heavy atom. The number of aliphatic imine (C=N–C) groups is 1. The summed E-state index contributed by atoms with van der Waals surface area (Å²) in [5.74, 6) is 0.608. The minimum absolute atomic E-state index is 0. The summed E-state index contributed by atoms with van der Waals surface area (Å²) in [4.78, 5) is 6.46. The molecule has 4 nitrogen and oxygen atoms in total. The monoisotopic (exact) mass is 377 g/mol. The van der Waals surface area contributed by atoms with Gasteiger partial charge in [0.15, 0.2) is 5.96 Å². The minimum atomic E-state index is 0. The molecule has 0 unspecified atom stereocenters. The Bertz CT molecular complexity index is 392. The van der Waals surface area contributed by atoms with Gasteiger partial charge in [0.1, 0.15) is 0 Å². The third-order valence-electron chi connectivity index (χ3n) is 2.81. The number of nitrogens with two attached hydrogens (primary N) is 1. The SMILES string of the molecule is CCN(CC)C(N)=NCc1cccc(COC)c1.I. The van der Waals surface area contributed by atoms with E-state index in [-0.39, 0.29) is 24.0 Å². The van der Waals surface area contributed by atoms with Crippen molar-refractivity contribution in [3.05, 3.63) is 35.4 Å². The van der Waals surface area contributed by atoms with Gasteiger partial charge in [-0.15, -0.1) is 24.0 Å². The second kappa shape index (κ2) is 10.0. The molecule has 0 aliphatic carbocycles. The van der Waals surface area contributed by atoms with Crippen LogP contribution in [0.1, 0.15) is 25.0 Å². The fraction of sp³-hybridized carbons (Fsp3) is 0.500. The number of benzene rings is 1. The van der Waals surface area contributed by atoms with Crippen molar-refractivity contribution in [2.75, 3.05) is 20.2 Å². The van der Waals surface area contributed by atoms with Crippen molar-refractivity contribution < 1.29 is 4.74 Å². The van der Waals surface area contributed by atoms with Crippen LogP contribution in [0.15, 0.2) is 29.3 Å². The highest BCUT2D eigenvalue weighted by Crippen LogP contribution is 2.07. The smallest absolute Gasteiger partial charge is 0.191 e. The van der Waals surface area contributed by atoms with Gasteiger partial charge in [0.25, 0.3) is 0 Å². The molecule has 2 N–H and O–H groups in total. The van der Waals surface area contributed by atoms with E-state index in [0.717, 1.165) is 24.2 Å². The molecule has 0 fully saturated rings. The Balaban J connectivity index is 0.00000324. The minimum Gasteiger partial charge on any atom is -0.380 e. The van der Waals surface area contributed by atoms with Crippen LogP contribution in [0.4, 0.5) is 0 Å². The molecule has 0 saturated heterocycles. The maximum absolute atomic E-state index is 5.93. The third kappa shape index (κ3) is 6.24. The van der Waals surface area contributed by atoms with E-state index in [9.17, 15) is 0 Å². The molecule has 5 heteroatoms. The van der Waals surface area contributed by atoms with Gasteiger partial charge in [0.05, 0.1) is 13.2 Å². The Morgan fingerprint density at radius 2 is 1.89 bits per heavy atom. The molecule has 1 aromatic rings. The highest BCUT2D eigenvalue weighted by molar-refractivity contribution is 14.0. The van der Waals surface area contributed by atoms with Crippen LogP contribution < -0.4 is 5.73 Å². The molecule has 0 heterocycles. The summed E-state index contributed by atoms with van der Waals surface area (Å²) in [6.07, 6.45) is 0. The van der Waals surface area contributed by atoms with Crippen LogP contribution in [0, 0.1) is 0 Å². The van der Waals surface area contributed by atoms with Crippen molar-refractivity contribution >= 4 is 29.9 Å². The zero-order chi connectivity index (χ0) is 13.4. The normalized spacial score (nSPS) is 11.0. The van der Waals surface area contributed by atoms with Crippen molar-refractivity contribution in [2.45, 2.75) is 27.0 Å². The molecule has 0 aromatic heterocycles. The summed E-state index contributed by atoms with van der Waals surface area (Å²) in [6, 6.07) is 8.22. The maximum Gasteiger partial charge on any atom is 0.191 e. The van der Waals surface area contributed by atoms with E-state index in [4.69, 9.17) is 10.5 Å². The number of rotatable bonds is 6. The molecule has 0 amide bonds. The Hall–Kier alpha value is -0.820. The van der Waals surface area contributed by atoms with Crippen LogP contribution in [0.3, 0.4) is 0 Å². The average Bonchev–Trinajstić information content (AvgIpc) is 2.39. The van der Waals surface area contributed by atoms with E-state index < -0.39 is 0 Å². The molecule has 0 atom stereocenters. The van der Waals surface area contributed by atoms with Gasteiger partial charge in [-0.05, 0) is 25.0 Å². The summed E-state index contributed by atoms with van der Waals surface area (Å²) in [7, 11) is 1.70. The van der Waals surface area contributed by atoms with Gasteiger partial charge < -0.3 is 15.4 Å². The number of ether oxygens (including phenoxy) is 1. The lowest BCUT2D eigenvalue weighted by atomic mass is 10.1. The van der Waals surface area contributed by atoms with Gasteiger partial charge in [-0.2, -0.15) is 0 Å². The van der Waals surface area contributed by atoms with Crippen molar-refractivity contribution in [1.29, 1.82) is 0 Å². The lowest BCUT2D eigenvalue weighted by Crippen LogP contribution is -2.37. The van der Waals surface area contributed by atoms with E-state index in [1.807, 2.05) is 17.0 Å². The summed E-state index contributed by atoms with van der Waals surface area (Å²) < 4.78 is 5.11. The molecule has 1 rings (SSSR count). The number of halogens is 1. The third-order valence-corrected chi connectivity index (χ3v) is 2.81. The first-order chi connectivity index (χ1) is 8.71. The predicted octanol–water partition coefficient (Wildman–Crippen LogP) is 2.61. The number of hydrogen-bond donors (Lipinski definition) is 1. The second-order valence-corrected chi connectivity index (χ2v) is 4.10. The molecule has 0 aliphatic rings. The summed E-state index contributed by atoms with van der Waals surface area (Å²) in [5, 5.41) is 0. The molecule has 108 valence electrons. The van der Waals surface area contributed by atoms with Crippen LogP contribution in [-0.2, 0) is 17.9 Å². The summed E-state index contributed by atoms with van der Waals surface area (Å²) in [6.45, 7) is 7.16. The molecule has 0 spiro atoms. The molecule has 0 bridgehead atoms. The van der Waals surface area contributed by atoms with Crippen LogP contribution in [-0.4, -0.2) is 31.1 Å². The Labute approximate surface area is 133 Å². The van der Waals surface area contributed by atoms with Gasteiger partial charge in [-0.25, -0.2) is 4.99 Å². The second-order valence-electron chi connectivity index (χ2n) is 4.10. The first kappa shape index (κ1) is 18.2. The van der Waals surface area contributed by atoms with Crippen molar-refractivity contribution in [3.63, 3.8) is 0 Å². The molecular weight excluding hydrogens is 353 g/mol. The molecule has 1 aromatic carbocycles. The lowest BCUT2D eigenvalue weighted by molar-refractivity contribution is 0.185. The zero-order valence-electron chi connectivity index (χ0n) is 11.9. The molecular formula is C14H24IN3O. The molecule has 0 radical (unpaired) electrons. The fourth-order valence-corrected chi connectivity index (χ4v) is 1.80. The van der Waals surface area contributed by atoms with Crippen LogP contribution in [0.5, 0.6) is 0 Å². The zero-order valence-corrected chi connectivity index (χ0v) is 14.3.